The average molecular weight is 431 g/mol. The Bertz CT molecular complexity index is 1270. The van der Waals surface area contributed by atoms with E-state index in [1.807, 2.05) is 0 Å². The lowest BCUT2D eigenvalue weighted by Crippen LogP contribution is -2.33. The first-order chi connectivity index (χ1) is 16.1. The Morgan fingerprint density at radius 1 is 1.32 bits per heavy atom. The van der Waals surface area contributed by atoms with E-state index in [-0.39, 0.29) is 36.7 Å². The molecule has 8 nitrogen and oxygen atoms in total. The average Bonchev–Trinajstić information content (AvgIpc) is 3.47. The number of likely N-dealkylation sites (tertiary alicyclic amines) is 1. The summed E-state index contributed by atoms with van der Waals surface area (Å²) in [4.78, 5) is 19.8. The van der Waals surface area contributed by atoms with Crippen LogP contribution in [0.3, 0.4) is 0 Å². The fourth-order valence-corrected chi connectivity index (χ4v) is 3.86. The van der Waals surface area contributed by atoms with Crippen LogP contribution in [-0.4, -0.2) is 56.4 Å². The van der Waals surface area contributed by atoms with Gasteiger partial charge >= 0.3 is 6.03 Å². The predicted molar refractivity (Wildman–Crippen MR) is 110 cm³/mol. The Labute approximate surface area is 181 Å². The Balaban J connectivity index is 1.53. The monoisotopic (exact) mass is 431 g/mol. The Morgan fingerprint density at radius 2 is 2.19 bits per heavy atom. The van der Waals surface area contributed by atoms with Crippen molar-refractivity contribution in [1.82, 2.24) is 19.5 Å². The van der Waals surface area contributed by atoms with E-state index in [2.05, 4.69) is 15.4 Å². The summed E-state index contributed by atoms with van der Waals surface area (Å²) in [5, 5.41) is 16.5. The first-order valence-corrected chi connectivity index (χ1v) is 9.92. The standard InChI is InChI=1S/C21H22F2N6O2/c22-13-3-4-16(23)15(10-13)18-2-1-7-28(18)19-6-9-29-20(26-19)17(11-24-29)25-21(31)27-8-5-14(30)12-27/h3-4,6,9-11,14,18,30H,1-2,5,7-8,12H2,(H,25,31)/t14-,18?/m0/s1/i2D2,18D. The van der Waals surface area contributed by atoms with Crippen molar-refractivity contribution in [3.8, 4) is 0 Å². The molecule has 2 atom stereocenters. The summed E-state index contributed by atoms with van der Waals surface area (Å²) >= 11 is 0. The SMILES string of the molecule is [2H]C1([2H])CCN(c2ccn3ncc(NC(=O)N4CC[C@H](O)C4)c3n2)C1([2H])c1cc(F)ccc1F. The number of rotatable bonds is 3. The zero-order valence-electron chi connectivity index (χ0n) is 19.4. The van der Waals surface area contributed by atoms with Crippen molar-refractivity contribution in [1.29, 1.82) is 0 Å². The number of nitrogens with one attached hydrogen (secondary N) is 1. The van der Waals surface area contributed by atoms with Crippen molar-refractivity contribution < 1.29 is 22.8 Å². The lowest BCUT2D eigenvalue weighted by atomic mass is 10.0. The van der Waals surface area contributed by atoms with E-state index >= 15 is 0 Å². The molecule has 0 bridgehead atoms. The molecule has 0 radical (unpaired) electrons. The summed E-state index contributed by atoms with van der Waals surface area (Å²) in [6.07, 6.45) is 0.549. The van der Waals surface area contributed by atoms with Gasteiger partial charge in [-0.15, -0.1) is 0 Å². The summed E-state index contributed by atoms with van der Waals surface area (Å²) in [6.45, 7) is 0.665. The summed E-state index contributed by atoms with van der Waals surface area (Å²) in [7, 11) is 0. The van der Waals surface area contributed by atoms with Gasteiger partial charge in [0.15, 0.2) is 5.65 Å². The van der Waals surface area contributed by atoms with Gasteiger partial charge in [-0.2, -0.15) is 5.10 Å². The number of hydrogen-bond acceptors (Lipinski definition) is 5. The Morgan fingerprint density at radius 3 is 3.00 bits per heavy atom. The highest BCUT2D eigenvalue weighted by atomic mass is 19.1. The van der Waals surface area contributed by atoms with Crippen LogP contribution < -0.4 is 10.2 Å². The zero-order valence-corrected chi connectivity index (χ0v) is 16.4. The van der Waals surface area contributed by atoms with Gasteiger partial charge in [-0.3, -0.25) is 0 Å². The number of hydrogen-bond donors (Lipinski definition) is 2. The van der Waals surface area contributed by atoms with E-state index in [4.69, 9.17) is 4.11 Å². The Hall–Kier alpha value is -3.27. The number of β-amino-alcohol motifs (C(OH)–C–C–N with tert-alkyl or cyclic N) is 1. The molecule has 3 aromatic rings. The molecule has 5 rings (SSSR count). The number of aliphatic hydroxyl groups is 1. The molecular formula is C21H22F2N6O2. The zero-order chi connectivity index (χ0) is 24.3. The molecule has 2 fully saturated rings. The normalized spacial score (nSPS) is 26.7. The van der Waals surface area contributed by atoms with E-state index in [0.29, 0.717) is 13.0 Å². The largest absolute Gasteiger partial charge is 0.391 e. The van der Waals surface area contributed by atoms with Crippen LogP contribution in [0.4, 0.5) is 25.1 Å². The number of aliphatic hydroxyl groups excluding tert-OH is 1. The van der Waals surface area contributed by atoms with E-state index in [9.17, 15) is 18.7 Å². The lowest BCUT2D eigenvalue weighted by molar-refractivity contribution is 0.176. The molecule has 0 spiro atoms. The first kappa shape index (κ1) is 16.4. The third-order valence-electron chi connectivity index (χ3n) is 5.40. The lowest BCUT2D eigenvalue weighted by Gasteiger charge is -2.26. The topological polar surface area (TPSA) is 86.0 Å². The van der Waals surface area contributed by atoms with Gasteiger partial charge in [0.2, 0.25) is 0 Å². The van der Waals surface area contributed by atoms with E-state index in [1.54, 1.807) is 0 Å². The van der Waals surface area contributed by atoms with Crippen molar-refractivity contribution in [2.24, 2.45) is 0 Å². The predicted octanol–water partition coefficient (Wildman–Crippen LogP) is 2.95. The molecule has 2 amide bonds. The molecule has 2 saturated heterocycles. The number of benzene rings is 1. The summed E-state index contributed by atoms with van der Waals surface area (Å²) in [5.41, 5.74) is 0.0920. The molecule has 162 valence electrons. The molecule has 2 N–H and O–H groups in total. The third kappa shape index (κ3) is 3.67. The van der Waals surface area contributed by atoms with Gasteiger partial charge in [0, 0.05) is 34.1 Å². The van der Waals surface area contributed by atoms with Crippen LogP contribution in [0.2, 0.25) is 0 Å². The Kier molecular flexibility index (Phi) is 4.12. The summed E-state index contributed by atoms with van der Waals surface area (Å²) in [5.74, 6) is -1.51. The second-order valence-electron chi connectivity index (χ2n) is 7.48. The summed E-state index contributed by atoms with van der Waals surface area (Å²) in [6, 6.07) is 1.44. The second-order valence-corrected chi connectivity index (χ2v) is 7.48. The number of fused-ring (bicyclic) bond motifs is 1. The van der Waals surface area contributed by atoms with Crippen molar-refractivity contribution in [3.63, 3.8) is 0 Å². The van der Waals surface area contributed by atoms with Gasteiger partial charge in [-0.05, 0) is 43.5 Å². The van der Waals surface area contributed by atoms with Gasteiger partial charge in [0.25, 0.3) is 0 Å². The van der Waals surface area contributed by atoms with Crippen LogP contribution in [0.5, 0.6) is 0 Å². The number of nitrogens with zero attached hydrogens (tertiary/aromatic N) is 5. The van der Waals surface area contributed by atoms with E-state index < -0.39 is 41.7 Å². The van der Waals surface area contributed by atoms with E-state index in [1.165, 1.54) is 32.8 Å². The van der Waals surface area contributed by atoms with Gasteiger partial charge in [-0.1, -0.05) is 0 Å². The van der Waals surface area contributed by atoms with Crippen LogP contribution in [-0.2, 0) is 0 Å². The minimum absolute atomic E-state index is 0.0388. The fourth-order valence-electron chi connectivity index (χ4n) is 3.86. The molecule has 31 heavy (non-hydrogen) atoms. The van der Waals surface area contributed by atoms with Gasteiger partial charge < -0.3 is 20.2 Å². The molecule has 1 aromatic carbocycles. The highest BCUT2D eigenvalue weighted by Crippen LogP contribution is 2.37. The molecule has 4 heterocycles. The molecule has 2 aromatic heterocycles. The number of urea groups is 1. The van der Waals surface area contributed by atoms with Crippen LogP contribution in [0.25, 0.3) is 5.65 Å². The molecule has 0 saturated carbocycles. The highest BCUT2D eigenvalue weighted by Gasteiger charge is 2.30. The van der Waals surface area contributed by atoms with E-state index in [0.717, 1.165) is 18.2 Å². The molecule has 10 heteroatoms. The maximum absolute atomic E-state index is 14.7. The molecule has 2 aliphatic rings. The quantitative estimate of drug-likeness (QED) is 0.666. The molecule has 1 unspecified atom stereocenters. The molecule has 2 aliphatic heterocycles. The molecular weight excluding hydrogens is 406 g/mol. The summed E-state index contributed by atoms with van der Waals surface area (Å²) < 4.78 is 55.9. The second kappa shape index (κ2) is 7.77. The number of anilines is 2. The third-order valence-corrected chi connectivity index (χ3v) is 5.40. The number of amides is 2. The van der Waals surface area contributed by atoms with Crippen LogP contribution in [0, 0.1) is 11.6 Å². The van der Waals surface area contributed by atoms with Gasteiger partial charge in [0.1, 0.15) is 23.1 Å². The van der Waals surface area contributed by atoms with Crippen molar-refractivity contribution in [3.05, 3.63) is 53.9 Å². The van der Waals surface area contributed by atoms with Gasteiger partial charge in [-0.25, -0.2) is 23.1 Å². The van der Waals surface area contributed by atoms with Gasteiger partial charge in [0.05, 0.1) is 19.7 Å². The first-order valence-electron chi connectivity index (χ1n) is 11.4. The highest BCUT2D eigenvalue weighted by molar-refractivity contribution is 5.93. The minimum Gasteiger partial charge on any atom is -0.391 e. The fraction of sp³-hybridized carbons (Fsp3) is 0.381. The van der Waals surface area contributed by atoms with Crippen LogP contribution in [0.15, 0.2) is 36.7 Å². The smallest absolute Gasteiger partial charge is 0.322 e. The van der Waals surface area contributed by atoms with Crippen molar-refractivity contribution in [2.45, 2.75) is 31.3 Å². The number of carbonyl (C=O) groups is 1. The maximum atomic E-state index is 14.7. The van der Waals surface area contributed by atoms with Crippen molar-refractivity contribution in [2.75, 3.05) is 29.9 Å². The van der Waals surface area contributed by atoms with Crippen LogP contribution >= 0.6 is 0 Å². The maximum Gasteiger partial charge on any atom is 0.322 e. The molecule has 0 aliphatic carbocycles. The number of aromatic nitrogens is 3. The number of carbonyl (C=O) groups excluding carboxylic acids is 1. The minimum atomic E-state index is -2.28. The number of halogens is 2. The van der Waals surface area contributed by atoms with Crippen LogP contribution in [0.1, 0.15) is 34.9 Å². The van der Waals surface area contributed by atoms with Crippen molar-refractivity contribution >= 4 is 23.2 Å².